The van der Waals surface area contributed by atoms with Gasteiger partial charge in [0.05, 0.1) is 18.2 Å². The van der Waals surface area contributed by atoms with Gasteiger partial charge in [0.15, 0.2) is 0 Å². The lowest BCUT2D eigenvalue weighted by Gasteiger charge is -2.30. The van der Waals surface area contributed by atoms with Gasteiger partial charge in [-0.05, 0) is 67.4 Å². The van der Waals surface area contributed by atoms with E-state index >= 15 is 0 Å². The molecule has 2 aromatic carbocycles. The number of nitrogens with zero attached hydrogens (tertiary/aromatic N) is 1. The lowest BCUT2D eigenvalue weighted by atomic mass is 9.98. The Kier molecular flexibility index (Phi) is 7.32. The van der Waals surface area contributed by atoms with Crippen molar-refractivity contribution in [3.63, 3.8) is 0 Å². The van der Waals surface area contributed by atoms with Crippen LogP contribution in [0.4, 0.5) is 8.78 Å². The van der Waals surface area contributed by atoms with Crippen LogP contribution in [0.2, 0.25) is 0 Å². The van der Waals surface area contributed by atoms with Crippen LogP contribution in [0.15, 0.2) is 48.5 Å². The molecule has 2 aromatic rings. The highest BCUT2D eigenvalue weighted by Crippen LogP contribution is 2.18. The molecule has 0 radical (unpaired) electrons. The third-order valence-electron chi connectivity index (χ3n) is 4.88. The summed E-state index contributed by atoms with van der Waals surface area (Å²) < 4.78 is 26.4. The molecule has 0 aromatic heterocycles. The number of halogens is 2. The van der Waals surface area contributed by atoms with Crippen LogP contribution in [0, 0.1) is 17.6 Å². The monoisotopic (exact) mass is 402 g/mol. The maximum atomic E-state index is 13.3. The van der Waals surface area contributed by atoms with Gasteiger partial charge in [0.1, 0.15) is 11.6 Å². The van der Waals surface area contributed by atoms with E-state index in [0.717, 1.165) is 24.1 Å². The molecule has 1 heterocycles. The van der Waals surface area contributed by atoms with Crippen molar-refractivity contribution in [3.8, 4) is 0 Å². The fourth-order valence-electron chi connectivity index (χ4n) is 3.29. The number of carboxylic acid groups (broad SMARTS) is 1. The Balaban J connectivity index is 1.60. The smallest absolute Gasteiger partial charge is 0.307 e. The summed E-state index contributed by atoms with van der Waals surface area (Å²) in [6.45, 7) is 2.33. The number of rotatable bonds is 8. The molecule has 1 fully saturated rings. The Morgan fingerprint density at radius 2 is 1.79 bits per heavy atom. The van der Waals surface area contributed by atoms with Gasteiger partial charge in [0.2, 0.25) is 0 Å². The first kappa shape index (κ1) is 21.0. The van der Waals surface area contributed by atoms with Crippen molar-refractivity contribution in [2.45, 2.75) is 12.8 Å². The lowest BCUT2D eigenvalue weighted by Crippen LogP contribution is -2.40. The second kappa shape index (κ2) is 10.1. The van der Waals surface area contributed by atoms with E-state index in [4.69, 9.17) is 4.84 Å². The van der Waals surface area contributed by atoms with Gasteiger partial charge in [-0.15, -0.1) is 0 Å². The molecule has 1 aliphatic heterocycles. The molecular formula is C22H24F2N2O3. The topological polar surface area (TPSA) is 61.8 Å². The van der Waals surface area contributed by atoms with E-state index in [-0.39, 0.29) is 17.6 Å². The summed E-state index contributed by atoms with van der Waals surface area (Å²) in [4.78, 5) is 18.8. The number of carboxylic acids is 1. The number of carbonyl (C=O) groups is 1. The normalized spacial score (nSPS) is 17.9. The number of aliphatic carboxylic acids is 1. The second-order valence-electron chi connectivity index (χ2n) is 7.04. The average molecular weight is 402 g/mol. The molecule has 2 N–H and O–H groups in total. The molecule has 29 heavy (non-hydrogen) atoms. The highest BCUT2D eigenvalue weighted by Gasteiger charge is 2.24. The molecule has 0 aliphatic carbocycles. The van der Waals surface area contributed by atoms with E-state index in [0.29, 0.717) is 31.8 Å². The summed E-state index contributed by atoms with van der Waals surface area (Å²) >= 11 is 0. The Hall–Kier alpha value is -2.77. The quantitative estimate of drug-likeness (QED) is 0.400. The number of nitrogens with one attached hydrogen (secondary N) is 1. The first-order chi connectivity index (χ1) is 14.0. The molecule has 1 aliphatic rings. The standard InChI is InChI=1S/C22H24F2N2O3/c23-19-7-3-16(4-8-19)14-21(17-5-9-20(24)10-6-17)25-29-13-12-26-11-1-2-18(15-26)22(27)28/h3-10,14,18,25H,1-2,11-13,15H2,(H,27,28). The minimum atomic E-state index is -0.755. The lowest BCUT2D eigenvalue weighted by molar-refractivity contribution is -0.143. The molecule has 0 spiro atoms. The van der Waals surface area contributed by atoms with Gasteiger partial charge in [-0.3, -0.25) is 15.1 Å². The number of hydrogen-bond acceptors (Lipinski definition) is 4. The van der Waals surface area contributed by atoms with Gasteiger partial charge in [0.25, 0.3) is 0 Å². The third-order valence-corrected chi connectivity index (χ3v) is 4.88. The van der Waals surface area contributed by atoms with Crippen molar-refractivity contribution >= 4 is 17.7 Å². The summed E-state index contributed by atoms with van der Waals surface area (Å²) in [6, 6.07) is 12.0. The van der Waals surface area contributed by atoms with Crippen molar-refractivity contribution < 1.29 is 23.5 Å². The molecule has 1 saturated heterocycles. The highest BCUT2D eigenvalue weighted by atomic mass is 19.1. The summed E-state index contributed by atoms with van der Waals surface area (Å²) in [6.07, 6.45) is 3.35. The molecule has 5 nitrogen and oxygen atoms in total. The Bertz CT molecular complexity index is 838. The summed E-state index contributed by atoms with van der Waals surface area (Å²) in [7, 11) is 0. The SMILES string of the molecule is O=C(O)C1CCCN(CCONC(=Cc2ccc(F)cc2)c2ccc(F)cc2)C1. The van der Waals surface area contributed by atoms with E-state index in [1.807, 2.05) is 0 Å². The Morgan fingerprint density at radius 3 is 2.45 bits per heavy atom. The van der Waals surface area contributed by atoms with Crippen molar-refractivity contribution in [2.24, 2.45) is 5.92 Å². The van der Waals surface area contributed by atoms with Gasteiger partial charge in [0, 0.05) is 18.7 Å². The summed E-state index contributed by atoms with van der Waals surface area (Å²) in [5.74, 6) is -1.75. The van der Waals surface area contributed by atoms with Crippen LogP contribution in [0.3, 0.4) is 0 Å². The maximum Gasteiger partial charge on any atom is 0.307 e. The fourth-order valence-corrected chi connectivity index (χ4v) is 3.29. The van der Waals surface area contributed by atoms with E-state index in [1.54, 1.807) is 30.3 Å². The highest BCUT2D eigenvalue weighted by molar-refractivity contribution is 5.79. The first-order valence-electron chi connectivity index (χ1n) is 9.57. The first-order valence-corrected chi connectivity index (χ1v) is 9.57. The van der Waals surface area contributed by atoms with Crippen LogP contribution >= 0.6 is 0 Å². The third kappa shape index (κ3) is 6.37. The predicted octanol–water partition coefficient (Wildman–Crippen LogP) is 3.78. The molecule has 1 atom stereocenters. The minimum absolute atomic E-state index is 0.323. The molecular weight excluding hydrogens is 378 g/mol. The summed E-state index contributed by atoms with van der Waals surface area (Å²) in [5.41, 5.74) is 4.99. The predicted molar refractivity (Wildman–Crippen MR) is 107 cm³/mol. The summed E-state index contributed by atoms with van der Waals surface area (Å²) in [5, 5.41) is 9.18. The van der Waals surface area contributed by atoms with Crippen LogP contribution < -0.4 is 5.48 Å². The van der Waals surface area contributed by atoms with E-state index in [2.05, 4.69) is 10.4 Å². The van der Waals surface area contributed by atoms with Crippen molar-refractivity contribution in [1.82, 2.24) is 10.4 Å². The zero-order valence-electron chi connectivity index (χ0n) is 16.0. The van der Waals surface area contributed by atoms with Gasteiger partial charge in [-0.2, -0.15) is 0 Å². The maximum absolute atomic E-state index is 13.3. The van der Waals surface area contributed by atoms with Gasteiger partial charge in [-0.25, -0.2) is 8.78 Å². The van der Waals surface area contributed by atoms with Gasteiger partial charge >= 0.3 is 5.97 Å². The molecule has 7 heteroatoms. The molecule has 0 amide bonds. The Labute approximate surface area is 168 Å². The number of benzene rings is 2. The van der Waals surface area contributed by atoms with Gasteiger partial charge in [-0.1, -0.05) is 12.1 Å². The molecule has 154 valence electrons. The number of hydrogen-bond donors (Lipinski definition) is 2. The van der Waals surface area contributed by atoms with Crippen LogP contribution in [-0.4, -0.2) is 42.2 Å². The van der Waals surface area contributed by atoms with Crippen LogP contribution in [-0.2, 0) is 9.63 Å². The number of piperidine rings is 1. The van der Waals surface area contributed by atoms with Crippen molar-refractivity contribution in [1.29, 1.82) is 0 Å². The minimum Gasteiger partial charge on any atom is -0.481 e. The molecule has 1 unspecified atom stereocenters. The van der Waals surface area contributed by atoms with Gasteiger partial charge < -0.3 is 10.0 Å². The largest absolute Gasteiger partial charge is 0.481 e. The molecule has 3 rings (SSSR count). The molecule has 0 bridgehead atoms. The molecule has 0 saturated carbocycles. The van der Waals surface area contributed by atoms with Crippen LogP contribution in [0.1, 0.15) is 24.0 Å². The zero-order chi connectivity index (χ0) is 20.6. The average Bonchev–Trinajstić information content (AvgIpc) is 2.72. The van der Waals surface area contributed by atoms with Crippen LogP contribution in [0.5, 0.6) is 0 Å². The number of likely N-dealkylation sites (tertiary alicyclic amines) is 1. The number of hydroxylamine groups is 1. The van der Waals surface area contributed by atoms with E-state index < -0.39 is 5.97 Å². The van der Waals surface area contributed by atoms with Crippen LogP contribution in [0.25, 0.3) is 11.8 Å². The Morgan fingerprint density at radius 1 is 1.14 bits per heavy atom. The second-order valence-corrected chi connectivity index (χ2v) is 7.04. The van der Waals surface area contributed by atoms with Crippen molar-refractivity contribution in [2.75, 3.05) is 26.2 Å². The fraction of sp³-hybridized carbons (Fsp3) is 0.318. The van der Waals surface area contributed by atoms with Crippen molar-refractivity contribution in [3.05, 3.63) is 71.3 Å². The van der Waals surface area contributed by atoms with E-state index in [9.17, 15) is 18.7 Å². The zero-order valence-corrected chi connectivity index (χ0v) is 16.0. The van der Waals surface area contributed by atoms with E-state index in [1.165, 1.54) is 24.3 Å².